The number of anilines is 1. The Kier molecular flexibility index (Phi) is 4.36. The van der Waals surface area contributed by atoms with Crippen molar-refractivity contribution >= 4 is 32.1 Å². The maximum absolute atomic E-state index is 12.4. The third kappa shape index (κ3) is 3.13. The lowest BCUT2D eigenvalue weighted by Crippen LogP contribution is -2.33. The number of sulfonamides is 1. The number of fused-ring (bicyclic) bond motifs is 1. The Morgan fingerprint density at radius 2 is 2.10 bits per heavy atom. The van der Waals surface area contributed by atoms with Gasteiger partial charge in [0.1, 0.15) is 0 Å². The van der Waals surface area contributed by atoms with Gasteiger partial charge < -0.3 is 5.73 Å². The molecule has 0 saturated carbocycles. The van der Waals surface area contributed by atoms with E-state index >= 15 is 0 Å². The SMILES string of the molecule is CC(C)CCC(C)NS(=O)(=O)c1c(N)nc2sccn12. The highest BCUT2D eigenvalue weighted by Gasteiger charge is 2.26. The minimum absolute atomic E-state index is 0.0325. The Morgan fingerprint density at radius 3 is 2.75 bits per heavy atom. The van der Waals surface area contributed by atoms with Crippen LogP contribution in [-0.4, -0.2) is 23.8 Å². The Balaban J connectivity index is 2.22. The lowest BCUT2D eigenvalue weighted by atomic mass is 10.1. The van der Waals surface area contributed by atoms with Gasteiger partial charge in [-0.25, -0.2) is 18.1 Å². The summed E-state index contributed by atoms with van der Waals surface area (Å²) in [6, 6.07) is -0.133. The number of aromatic nitrogens is 2. The van der Waals surface area contributed by atoms with Crippen molar-refractivity contribution in [2.24, 2.45) is 5.92 Å². The molecule has 8 heteroatoms. The van der Waals surface area contributed by atoms with Gasteiger partial charge in [0.05, 0.1) is 0 Å². The molecular weight excluding hydrogens is 296 g/mol. The number of nitrogens with zero attached hydrogens (tertiary/aromatic N) is 2. The third-order valence-electron chi connectivity index (χ3n) is 3.03. The van der Waals surface area contributed by atoms with E-state index in [9.17, 15) is 8.42 Å². The summed E-state index contributed by atoms with van der Waals surface area (Å²) in [5, 5.41) is 1.81. The second kappa shape index (κ2) is 5.71. The van der Waals surface area contributed by atoms with Gasteiger partial charge in [0.15, 0.2) is 15.8 Å². The highest BCUT2D eigenvalue weighted by Crippen LogP contribution is 2.23. The Hall–Kier alpha value is -1.12. The fraction of sp³-hybridized carbons (Fsp3) is 0.583. The monoisotopic (exact) mass is 316 g/mol. The van der Waals surface area contributed by atoms with Crippen LogP contribution in [0.15, 0.2) is 16.6 Å². The van der Waals surface area contributed by atoms with Crippen LogP contribution in [0.2, 0.25) is 0 Å². The van der Waals surface area contributed by atoms with E-state index in [4.69, 9.17) is 5.73 Å². The summed E-state index contributed by atoms with van der Waals surface area (Å²) in [7, 11) is -3.66. The van der Waals surface area contributed by atoms with Crippen LogP contribution in [0.1, 0.15) is 33.6 Å². The number of nitrogens with one attached hydrogen (secondary N) is 1. The van der Waals surface area contributed by atoms with E-state index in [-0.39, 0.29) is 16.9 Å². The van der Waals surface area contributed by atoms with E-state index in [0.717, 1.165) is 12.8 Å². The van der Waals surface area contributed by atoms with E-state index in [2.05, 4.69) is 23.6 Å². The first-order valence-corrected chi connectivity index (χ1v) is 8.91. The lowest BCUT2D eigenvalue weighted by Gasteiger charge is -2.15. The molecule has 3 N–H and O–H groups in total. The largest absolute Gasteiger partial charge is 0.381 e. The summed E-state index contributed by atoms with van der Waals surface area (Å²) in [4.78, 5) is 4.64. The maximum atomic E-state index is 12.4. The van der Waals surface area contributed by atoms with E-state index in [1.54, 1.807) is 11.6 Å². The minimum Gasteiger partial charge on any atom is -0.381 e. The molecule has 20 heavy (non-hydrogen) atoms. The number of rotatable bonds is 6. The maximum Gasteiger partial charge on any atom is 0.260 e. The van der Waals surface area contributed by atoms with Crippen LogP contribution in [0.4, 0.5) is 5.82 Å². The van der Waals surface area contributed by atoms with Crippen molar-refractivity contribution in [2.45, 2.75) is 44.7 Å². The van der Waals surface area contributed by atoms with Crippen molar-refractivity contribution in [1.82, 2.24) is 14.1 Å². The molecule has 2 aromatic rings. The van der Waals surface area contributed by atoms with Crippen molar-refractivity contribution in [2.75, 3.05) is 5.73 Å². The summed E-state index contributed by atoms with van der Waals surface area (Å²) >= 11 is 1.35. The molecule has 2 heterocycles. The van der Waals surface area contributed by atoms with E-state index < -0.39 is 10.0 Å². The molecule has 0 radical (unpaired) electrons. The van der Waals surface area contributed by atoms with Crippen LogP contribution in [0.25, 0.3) is 4.96 Å². The van der Waals surface area contributed by atoms with E-state index in [1.165, 1.54) is 15.7 Å². The Bertz CT molecular complexity index is 687. The van der Waals surface area contributed by atoms with Crippen LogP contribution in [0.3, 0.4) is 0 Å². The smallest absolute Gasteiger partial charge is 0.260 e. The molecule has 0 saturated heterocycles. The molecule has 0 aliphatic heterocycles. The van der Waals surface area contributed by atoms with Crippen molar-refractivity contribution in [3.8, 4) is 0 Å². The Morgan fingerprint density at radius 1 is 1.40 bits per heavy atom. The minimum atomic E-state index is -3.66. The van der Waals surface area contributed by atoms with Crippen molar-refractivity contribution < 1.29 is 8.42 Å². The van der Waals surface area contributed by atoms with Crippen LogP contribution in [0, 0.1) is 5.92 Å². The fourth-order valence-electron chi connectivity index (χ4n) is 2.01. The summed E-state index contributed by atoms with van der Waals surface area (Å²) in [5.41, 5.74) is 5.74. The van der Waals surface area contributed by atoms with Crippen molar-refractivity contribution in [1.29, 1.82) is 0 Å². The van der Waals surface area contributed by atoms with Crippen LogP contribution in [0.5, 0.6) is 0 Å². The van der Waals surface area contributed by atoms with Gasteiger partial charge in [-0.15, -0.1) is 11.3 Å². The molecule has 2 aromatic heterocycles. The quantitative estimate of drug-likeness (QED) is 0.854. The molecule has 0 aliphatic rings. The molecule has 2 rings (SSSR count). The van der Waals surface area contributed by atoms with Gasteiger partial charge in [0.2, 0.25) is 0 Å². The second-order valence-corrected chi connectivity index (χ2v) is 7.85. The average molecular weight is 316 g/mol. The van der Waals surface area contributed by atoms with Gasteiger partial charge in [-0.3, -0.25) is 4.40 Å². The third-order valence-corrected chi connectivity index (χ3v) is 5.42. The topological polar surface area (TPSA) is 89.5 Å². The highest BCUT2D eigenvalue weighted by molar-refractivity contribution is 7.89. The molecular formula is C12H20N4O2S2. The number of imidazole rings is 1. The van der Waals surface area contributed by atoms with Gasteiger partial charge >= 0.3 is 0 Å². The zero-order valence-electron chi connectivity index (χ0n) is 11.8. The molecule has 6 nitrogen and oxygen atoms in total. The van der Waals surface area contributed by atoms with Gasteiger partial charge in [-0.1, -0.05) is 13.8 Å². The summed E-state index contributed by atoms with van der Waals surface area (Å²) in [5.74, 6) is 0.589. The normalized spacial score (nSPS) is 14.2. The zero-order valence-corrected chi connectivity index (χ0v) is 13.5. The van der Waals surface area contributed by atoms with Crippen molar-refractivity contribution in [3.05, 3.63) is 11.6 Å². The first-order chi connectivity index (χ1) is 9.31. The standard InChI is InChI=1S/C12H20N4O2S2/c1-8(2)4-5-9(3)15-20(17,18)11-10(13)14-12-16(11)6-7-19-12/h6-9,15H,4-5,13H2,1-3H3. The molecule has 0 fully saturated rings. The molecule has 112 valence electrons. The lowest BCUT2D eigenvalue weighted by molar-refractivity contribution is 0.484. The van der Waals surface area contributed by atoms with Gasteiger partial charge in [-0.2, -0.15) is 0 Å². The zero-order chi connectivity index (χ0) is 14.9. The molecule has 0 spiro atoms. The molecule has 0 aliphatic carbocycles. The van der Waals surface area contributed by atoms with Gasteiger partial charge in [0.25, 0.3) is 10.0 Å². The molecule has 0 bridgehead atoms. The predicted octanol–water partition coefficient (Wildman–Crippen LogP) is 2.08. The van der Waals surface area contributed by atoms with Crippen molar-refractivity contribution in [3.63, 3.8) is 0 Å². The summed E-state index contributed by atoms with van der Waals surface area (Å²) in [6.45, 7) is 6.10. The first-order valence-electron chi connectivity index (χ1n) is 6.54. The number of hydrogen-bond donors (Lipinski definition) is 2. The molecule has 1 unspecified atom stereocenters. The first kappa shape index (κ1) is 15.3. The number of thiazole rings is 1. The number of hydrogen-bond acceptors (Lipinski definition) is 5. The summed E-state index contributed by atoms with van der Waals surface area (Å²) in [6.07, 6.45) is 3.43. The van der Waals surface area contributed by atoms with Crippen LogP contribution >= 0.6 is 11.3 Å². The van der Waals surface area contributed by atoms with E-state index in [1.807, 2.05) is 6.92 Å². The molecule has 0 amide bonds. The van der Waals surface area contributed by atoms with E-state index in [0.29, 0.717) is 10.9 Å². The number of nitrogens with two attached hydrogens (primary N) is 1. The van der Waals surface area contributed by atoms with Gasteiger partial charge in [0, 0.05) is 17.6 Å². The van der Waals surface area contributed by atoms with Gasteiger partial charge in [-0.05, 0) is 25.7 Å². The predicted molar refractivity (Wildman–Crippen MR) is 81.3 cm³/mol. The Labute approximate surface area is 123 Å². The second-order valence-electron chi connectivity index (χ2n) is 5.35. The average Bonchev–Trinajstić information content (AvgIpc) is 2.84. The highest BCUT2D eigenvalue weighted by atomic mass is 32.2. The fourth-order valence-corrected chi connectivity index (χ4v) is 4.28. The summed E-state index contributed by atoms with van der Waals surface area (Å²) < 4.78 is 29.1. The molecule has 0 aromatic carbocycles. The molecule has 1 atom stereocenters. The van der Waals surface area contributed by atoms with Crippen LogP contribution < -0.4 is 10.5 Å². The number of nitrogen functional groups attached to an aromatic ring is 1. The van der Waals surface area contributed by atoms with Crippen LogP contribution in [-0.2, 0) is 10.0 Å².